The van der Waals surface area contributed by atoms with E-state index in [0.29, 0.717) is 5.89 Å². The van der Waals surface area contributed by atoms with Gasteiger partial charge in [-0.25, -0.2) is 0 Å². The van der Waals surface area contributed by atoms with Gasteiger partial charge in [-0.15, -0.1) is 21.5 Å². The molecule has 2 heterocycles. The molecule has 0 saturated carbocycles. The maximum atomic E-state index is 5.74. The number of nitrogens with zero attached hydrogens (tertiary/aromatic N) is 2. The van der Waals surface area contributed by atoms with Crippen LogP contribution >= 0.6 is 11.3 Å². The molecule has 0 unspecified atom stereocenters. The molecular weight excluding hydrogens is 258 g/mol. The van der Waals surface area contributed by atoms with Crippen LogP contribution < -0.4 is 5.32 Å². The summed E-state index contributed by atoms with van der Waals surface area (Å²) in [6, 6.07) is 2.22. The molecule has 5 heteroatoms. The molecule has 4 nitrogen and oxygen atoms in total. The van der Waals surface area contributed by atoms with E-state index in [1.165, 1.54) is 29.7 Å². The maximum absolute atomic E-state index is 5.74. The SMILES string of the molecule is CCCNCCc1nnc(-c2cc3c(s2)CCC3)o1. The topological polar surface area (TPSA) is 51.0 Å². The van der Waals surface area contributed by atoms with Crippen molar-refractivity contribution in [2.24, 2.45) is 0 Å². The summed E-state index contributed by atoms with van der Waals surface area (Å²) >= 11 is 1.81. The van der Waals surface area contributed by atoms with Crippen molar-refractivity contribution in [3.05, 3.63) is 22.4 Å². The van der Waals surface area contributed by atoms with Gasteiger partial charge in [0.1, 0.15) is 0 Å². The van der Waals surface area contributed by atoms with E-state index in [4.69, 9.17) is 4.42 Å². The Morgan fingerprint density at radius 3 is 3.11 bits per heavy atom. The molecule has 0 saturated heterocycles. The van der Waals surface area contributed by atoms with Crippen LogP contribution in [0.25, 0.3) is 10.8 Å². The molecule has 0 aliphatic heterocycles. The van der Waals surface area contributed by atoms with Crippen molar-refractivity contribution in [1.82, 2.24) is 15.5 Å². The fourth-order valence-corrected chi connectivity index (χ4v) is 3.56. The Morgan fingerprint density at radius 1 is 1.32 bits per heavy atom. The predicted octanol–water partition coefficient (Wildman–Crippen LogP) is 2.83. The highest BCUT2D eigenvalue weighted by atomic mass is 32.1. The monoisotopic (exact) mass is 277 g/mol. The second-order valence-corrected chi connectivity index (χ2v) is 6.05. The molecule has 1 aliphatic rings. The molecule has 1 N–H and O–H groups in total. The van der Waals surface area contributed by atoms with Crippen molar-refractivity contribution in [3.63, 3.8) is 0 Å². The molecule has 19 heavy (non-hydrogen) atoms. The van der Waals surface area contributed by atoms with Gasteiger partial charge < -0.3 is 9.73 Å². The molecule has 0 radical (unpaired) electrons. The van der Waals surface area contributed by atoms with Crippen molar-refractivity contribution >= 4 is 11.3 Å². The van der Waals surface area contributed by atoms with Crippen molar-refractivity contribution in [1.29, 1.82) is 0 Å². The zero-order valence-electron chi connectivity index (χ0n) is 11.2. The molecule has 102 valence electrons. The van der Waals surface area contributed by atoms with E-state index in [1.807, 2.05) is 11.3 Å². The molecular formula is C14H19N3OS. The van der Waals surface area contributed by atoms with Gasteiger partial charge in [-0.05, 0) is 43.9 Å². The summed E-state index contributed by atoms with van der Waals surface area (Å²) in [7, 11) is 0. The number of aromatic nitrogens is 2. The molecule has 3 rings (SSSR count). The van der Waals surface area contributed by atoms with Crippen LogP contribution in [0.2, 0.25) is 0 Å². The Labute approximate surface area is 117 Å². The minimum Gasteiger partial charge on any atom is -0.420 e. The van der Waals surface area contributed by atoms with Crippen molar-refractivity contribution in [3.8, 4) is 10.8 Å². The van der Waals surface area contributed by atoms with Gasteiger partial charge >= 0.3 is 0 Å². The highest BCUT2D eigenvalue weighted by Gasteiger charge is 2.18. The van der Waals surface area contributed by atoms with Crippen molar-refractivity contribution in [2.75, 3.05) is 13.1 Å². The normalized spacial score (nSPS) is 13.9. The lowest BCUT2D eigenvalue weighted by Crippen LogP contribution is -2.17. The highest BCUT2D eigenvalue weighted by molar-refractivity contribution is 7.15. The third-order valence-electron chi connectivity index (χ3n) is 3.37. The molecule has 0 fully saturated rings. The number of fused-ring (bicyclic) bond motifs is 1. The first-order chi connectivity index (χ1) is 9.36. The third kappa shape index (κ3) is 2.87. The van der Waals surface area contributed by atoms with Crippen molar-refractivity contribution in [2.45, 2.75) is 39.0 Å². The Bertz CT molecular complexity index is 525. The molecule has 0 atom stereocenters. The first-order valence-corrected chi connectivity index (χ1v) is 7.83. The number of hydrogen-bond acceptors (Lipinski definition) is 5. The number of rotatable bonds is 6. The molecule has 0 spiro atoms. The second kappa shape index (κ2) is 5.84. The summed E-state index contributed by atoms with van der Waals surface area (Å²) in [5.41, 5.74) is 1.48. The third-order valence-corrected chi connectivity index (χ3v) is 4.59. The van der Waals surface area contributed by atoms with E-state index in [0.717, 1.165) is 36.7 Å². The molecule has 0 aromatic carbocycles. The van der Waals surface area contributed by atoms with Gasteiger partial charge in [0, 0.05) is 17.8 Å². The predicted molar refractivity (Wildman–Crippen MR) is 76.5 cm³/mol. The first kappa shape index (κ1) is 12.8. The van der Waals surface area contributed by atoms with Gasteiger partial charge in [-0.1, -0.05) is 6.92 Å². The Balaban J connectivity index is 1.63. The van der Waals surface area contributed by atoms with Crippen LogP contribution in [0, 0.1) is 0 Å². The van der Waals surface area contributed by atoms with Gasteiger partial charge in [0.15, 0.2) is 0 Å². The van der Waals surface area contributed by atoms with E-state index < -0.39 is 0 Å². The van der Waals surface area contributed by atoms with Crippen LogP contribution in [0.3, 0.4) is 0 Å². The maximum Gasteiger partial charge on any atom is 0.257 e. The van der Waals surface area contributed by atoms with Crippen LogP contribution in [0.15, 0.2) is 10.5 Å². The quantitative estimate of drug-likeness (QED) is 0.825. The lowest BCUT2D eigenvalue weighted by atomic mass is 10.2. The summed E-state index contributed by atoms with van der Waals surface area (Å²) in [5.74, 6) is 1.41. The Hall–Kier alpha value is -1.20. The summed E-state index contributed by atoms with van der Waals surface area (Å²) < 4.78 is 5.74. The summed E-state index contributed by atoms with van der Waals surface area (Å²) in [5, 5.41) is 11.6. The van der Waals surface area contributed by atoms with Gasteiger partial charge in [0.25, 0.3) is 5.89 Å². The molecule has 1 aliphatic carbocycles. The second-order valence-electron chi connectivity index (χ2n) is 4.91. The van der Waals surface area contributed by atoms with E-state index in [2.05, 4.69) is 28.5 Å². The van der Waals surface area contributed by atoms with Crippen molar-refractivity contribution < 1.29 is 4.42 Å². The summed E-state index contributed by atoms with van der Waals surface area (Å²) in [4.78, 5) is 2.63. The van der Waals surface area contributed by atoms with Crippen LogP contribution in [0.1, 0.15) is 36.1 Å². The Morgan fingerprint density at radius 2 is 2.26 bits per heavy atom. The lowest BCUT2D eigenvalue weighted by molar-refractivity contribution is 0.495. The largest absolute Gasteiger partial charge is 0.420 e. The summed E-state index contributed by atoms with van der Waals surface area (Å²) in [6.07, 6.45) is 5.66. The zero-order valence-corrected chi connectivity index (χ0v) is 12.1. The molecule has 2 aromatic heterocycles. The van der Waals surface area contributed by atoms with Gasteiger partial charge in [-0.2, -0.15) is 0 Å². The molecule has 2 aromatic rings. The van der Waals surface area contributed by atoms with E-state index >= 15 is 0 Å². The number of thiophene rings is 1. The highest BCUT2D eigenvalue weighted by Crippen LogP contribution is 2.35. The lowest BCUT2D eigenvalue weighted by Gasteiger charge is -1.98. The molecule has 0 amide bonds. The van der Waals surface area contributed by atoms with Crippen LogP contribution in [-0.4, -0.2) is 23.3 Å². The average molecular weight is 277 g/mol. The van der Waals surface area contributed by atoms with E-state index in [-0.39, 0.29) is 0 Å². The number of hydrogen-bond donors (Lipinski definition) is 1. The van der Waals surface area contributed by atoms with Crippen LogP contribution in [0.4, 0.5) is 0 Å². The van der Waals surface area contributed by atoms with Gasteiger partial charge in [0.05, 0.1) is 4.88 Å². The molecule has 0 bridgehead atoms. The fraction of sp³-hybridized carbons (Fsp3) is 0.571. The fourth-order valence-electron chi connectivity index (χ4n) is 2.39. The van der Waals surface area contributed by atoms with Gasteiger partial charge in [0.2, 0.25) is 5.89 Å². The summed E-state index contributed by atoms with van der Waals surface area (Å²) in [6.45, 7) is 4.10. The minimum atomic E-state index is 0.685. The van der Waals surface area contributed by atoms with Crippen LogP contribution in [-0.2, 0) is 19.3 Å². The smallest absolute Gasteiger partial charge is 0.257 e. The Kier molecular flexibility index (Phi) is 3.94. The van der Waals surface area contributed by atoms with E-state index in [1.54, 1.807) is 0 Å². The first-order valence-electron chi connectivity index (χ1n) is 7.02. The number of nitrogens with one attached hydrogen (secondary N) is 1. The number of aryl methyl sites for hydroxylation is 2. The minimum absolute atomic E-state index is 0.685. The van der Waals surface area contributed by atoms with Gasteiger partial charge in [-0.3, -0.25) is 0 Å². The van der Waals surface area contributed by atoms with E-state index in [9.17, 15) is 0 Å². The van der Waals surface area contributed by atoms with Crippen LogP contribution in [0.5, 0.6) is 0 Å². The standard InChI is InChI=1S/C14H19N3OS/c1-2-7-15-8-6-13-16-17-14(18-13)12-9-10-4-3-5-11(10)19-12/h9,15H,2-8H2,1H3. The zero-order chi connectivity index (χ0) is 13.1. The average Bonchev–Trinajstić information content (AvgIpc) is 3.08.